The van der Waals surface area contributed by atoms with Crippen molar-refractivity contribution in [3.05, 3.63) is 12.2 Å². The molecule has 0 aromatic carbocycles. The zero-order valence-electron chi connectivity index (χ0n) is 12.2. The summed E-state index contributed by atoms with van der Waals surface area (Å²) in [5, 5.41) is 0. The molecule has 0 radical (unpaired) electrons. The topological polar surface area (TPSA) is 0 Å². The summed E-state index contributed by atoms with van der Waals surface area (Å²) in [7, 11) is 0. The molecule has 2 bridgehead atoms. The highest BCUT2D eigenvalue weighted by atomic mass is 14.6. The second kappa shape index (κ2) is 5.16. The summed E-state index contributed by atoms with van der Waals surface area (Å²) >= 11 is 0. The Kier molecular flexibility index (Phi) is 4.00. The van der Waals surface area contributed by atoms with E-state index in [1.54, 1.807) is 0 Å². The van der Waals surface area contributed by atoms with E-state index in [1.165, 1.54) is 38.5 Å². The molecule has 0 aromatic heterocycles. The first-order chi connectivity index (χ1) is 8.07. The monoisotopic (exact) mass is 234 g/mol. The summed E-state index contributed by atoms with van der Waals surface area (Å²) in [5.41, 5.74) is 0.655. The van der Waals surface area contributed by atoms with E-state index in [-0.39, 0.29) is 0 Å². The maximum Gasteiger partial charge on any atom is -0.0295 e. The van der Waals surface area contributed by atoms with E-state index in [1.807, 2.05) is 0 Å². The molecule has 3 aliphatic rings. The van der Waals surface area contributed by atoms with Crippen LogP contribution in [0.4, 0.5) is 0 Å². The normalized spacial score (nSPS) is 39.3. The molecule has 3 aliphatic carbocycles. The van der Waals surface area contributed by atoms with Gasteiger partial charge in [-0.25, -0.2) is 0 Å². The van der Waals surface area contributed by atoms with Gasteiger partial charge < -0.3 is 0 Å². The smallest absolute Gasteiger partial charge is 0.0295 e. The van der Waals surface area contributed by atoms with Crippen LogP contribution in [0.3, 0.4) is 0 Å². The molecule has 0 heterocycles. The summed E-state index contributed by atoms with van der Waals surface area (Å²) in [6.07, 6.45) is 13.2. The standard InChI is InChI=1S/C17H30/c1-5-6-7-8-9-10-14-11-15-12-16(13(14)2)17(15,3)4/h8-9,13-16H,5-7,10-12H2,1-4H3/b9-8+. The molecule has 0 spiro atoms. The number of unbranched alkanes of at least 4 members (excludes halogenated alkanes) is 2. The van der Waals surface area contributed by atoms with E-state index in [2.05, 4.69) is 39.8 Å². The third-order valence-electron chi connectivity index (χ3n) is 5.84. The van der Waals surface area contributed by atoms with Gasteiger partial charge in [0, 0.05) is 0 Å². The van der Waals surface area contributed by atoms with Crippen LogP contribution in [-0.4, -0.2) is 0 Å². The van der Waals surface area contributed by atoms with Crippen molar-refractivity contribution in [1.82, 2.24) is 0 Å². The maximum atomic E-state index is 2.51. The second-order valence-electron chi connectivity index (χ2n) is 7.06. The third-order valence-corrected chi connectivity index (χ3v) is 5.84. The molecule has 0 aromatic rings. The number of fused-ring (bicyclic) bond motifs is 2. The molecule has 3 rings (SSSR count). The molecule has 0 amide bonds. The lowest BCUT2D eigenvalue weighted by atomic mass is 9.43. The van der Waals surface area contributed by atoms with E-state index in [0.717, 1.165) is 23.7 Å². The van der Waals surface area contributed by atoms with Crippen LogP contribution in [0.15, 0.2) is 12.2 Å². The first-order valence-electron chi connectivity index (χ1n) is 7.72. The molecule has 17 heavy (non-hydrogen) atoms. The van der Waals surface area contributed by atoms with Crippen LogP contribution in [0, 0.1) is 29.1 Å². The van der Waals surface area contributed by atoms with Gasteiger partial charge in [0.25, 0.3) is 0 Å². The molecule has 0 N–H and O–H groups in total. The fraction of sp³-hybridized carbons (Fsp3) is 0.882. The lowest BCUT2D eigenvalue weighted by molar-refractivity contribution is -0.127. The number of hydrogen-bond donors (Lipinski definition) is 0. The van der Waals surface area contributed by atoms with Crippen molar-refractivity contribution in [2.45, 2.75) is 66.2 Å². The van der Waals surface area contributed by atoms with Gasteiger partial charge in [-0.15, -0.1) is 0 Å². The van der Waals surface area contributed by atoms with Gasteiger partial charge in [0.2, 0.25) is 0 Å². The van der Waals surface area contributed by atoms with Crippen molar-refractivity contribution in [3.8, 4) is 0 Å². The van der Waals surface area contributed by atoms with Crippen molar-refractivity contribution in [3.63, 3.8) is 0 Å². The van der Waals surface area contributed by atoms with Gasteiger partial charge in [-0.3, -0.25) is 0 Å². The Labute approximate surface area is 108 Å². The molecule has 0 aliphatic heterocycles. The van der Waals surface area contributed by atoms with Crippen LogP contribution >= 0.6 is 0 Å². The second-order valence-corrected chi connectivity index (χ2v) is 7.06. The van der Waals surface area contributed by atoms with Crippen molar-refractivity contribution in [2.24, 2.45) is 29.1 Å². The quantitative estimate of drug-likeness (QED) is 0.439. The largest absolute Gasteiger partial charge is 0.0885 e. The van der Waals surface area contributed by atoms with Gasteiger partial charge in [0.15, 0.2) is 0 Å². The number of hydrogen-bond acceptors (Lipinski definition) is 0. The molecule has 0 nitrogen and oxygen atoms in total. The summed E-state index contributed by atoms with van der Waals surface area (Å²) < 4.78 is 0. The Morgan fingerprint density at radius 2 is 1.94 bits per heavy atom. The van der Waals surface area contributed by atoms with Gasteiger partial charge in [-0.1, -0.05) is 52.7 Å². The predicted octanol–water partition coefficient (Wildman–Crippen LogP) is 5.44. The summed E-state index contributed by atoms with van der Waals surface area (Å²) in [4.78, 5) is 0. The fourth-order valence-electron chi connectivity index (χ4n) is 4.28. The molecular weight excluding hydrogens is 204 g/mol. The average molecular weight is 234 g/mol. The Morgan fingerprint density at radius 3 is 2.53 bits per heavy atom. The van der Waals surface area contributed by atoms with Gasteiger partial charge in [0.05, 0.1) is 0 Å². The predicted molar refractivity (Wildman–Crippen MR) is 75.9 cm³/mol. The van der Waals surface area contributed by atoms with Gasteiger partial charge >= 0.3 is 0 Å². The van der Waals surface area contributed by atoms with Crippen LogP contribution in [0.25, 0.3) is 0 Å². The Bertz CT molecular complexity index is 274. The van der Waals surface area contributed by atoms with Gasteiger partial charge in [-0.05, 0) is 54.8 Å². The first kappa shape index (κ1) is 13.2. The van der Waals surface area contributed by atoms with E-state index >= 15 is 0 Å². The summed E-state index contributed by atoms with van der Waals surface area (Å²) in [6.45, 7) is 9.77. The van der Waals surface area contributed by atoms with E-state index in [0.29, 0.717) is 5.41 Å². The minimum atomic E-state index is 0.655. The van der Waals surface area contributed by atoms with Crippen molar-refractivity contribution < 1.29 is 0 Å². The molecule has 4 atom stereocenters. The Balaban J connectivity index is 1.79. The highest BCUT2D eigenvalue weighted by Gasteiger charge is 2.55. The molecule has 3 fully saturated rings. The average Bonchev–Trinajstić information content (AvgIpc) is 2.30. The molecule has 0 heteroatoms. The molecule has 3 saturated carbocycles. The van der Waals surface area contributed by atoms with Crippen molar-refractivity contribution in [2.75, 3.05) is 0 Å². The van der Waals surface area contributed by atoms with E-state index < -0.39 is 0 Å². The number of allylic oxidation sites excluding steroid dienone is 2. The highest BCUT2D eigenvalue weighted by Crippen LogP contribution is 2.63. The number of rotatable bonds is 5. The summed E-state index contributed by atoms with van der Waals surface area (Å²) in [6, 6.07) is 0. The molecular formula is C17H30. The maximum absolute atomic E-state index is 2.51. The SMILES string of the molecule is CCCC/C=C/CC1CC2CC(C1C)C2(C)C. The molecule has 4 unspecified atom stereocenters. The van der Waals surface area contributed by atoms with Gasteiger partial charge in [-0.2, -0.15) is 0 Å². The van der Waals surface area contributed by atoms with Crippen LogP contribution in [-0.2, 0) is 0 Å². The van der Waals surface area contributed by atoms with Crippen LogP contribution < -0.4 is 0 Å². The van der Waals surface area contributed by atoms with Crippen LogP contribution in [0.1, 0.15) is 66.2 Å². The first-order valence-corrected chi connectivity index (χ1v) is 7.72. The van der Waals surface area contributed by atoms with Crippen molar-refractivity contribution >= 4 is 0 Å². The van der Waals surface area contributed by atoms with Crippen LogP contribution in [0.5, 0.6) is 0 Å². The lowest BCUT2D eigenvalue weighted by Crippen LogP contribution is -2.54. The summed E-state index contributed by atoms with van der Waals surface area (Å²) in [5.74, 6) is 3.96. The Morgan fingerprint density at radius 1 is 1.18 bits per heavy atom. The minimum Gasteiger partial charge on any atom is -0.0885 e. The zero-order chi connectivity index (χ0) is 12.5. The zero-order valence-corrected chi connectivity index (χ0v) is 12.2. The van der Waals surface area contributed by atoms with Crippen molar-refractivity contribution in [1.29, 1.82) is 0 Å². The fourth-order valence-corrected chi connectivity index (χ4v) is 4.28. The van der Waals surface area contributed by atoms with E-state index in [9.17, 15) is 0 Å². The molecule has 0 saturated heterocycles. The van der Waals surface area contributed by atoms with Crippen LogP contribution in [0.2, 0.25) is 0 Å². The Hall–Kier alpha value is -0.260. The highest BCUT2D eigenvalue weighted by molar-refractivity contribution is 5.06. The van der Waals surface area contributed by atoms with Gasteiger partial charge in [0.1, 0.15) is 0 Å². The lowest BCUT2D eigenvalue weighted by Gasteiger charge is -2.62. The third kappa shape index (κ3) is 2.46. The van der Waals surface area contributed by atoms with E-state index in [4.69, 9.17) is 0 Å². The molecule has 98 valence electrons. The minimum absolute atomic E-state index is 0.655.